The van der Waals surface area contributed by atoms with E-state index in [-0.39, 0.29) is 18.2 Å². The van der Waals surface area contributed by atoms with Crippen molar-refractivity contribution >= 4 is 5.91 Å². The molecule has 7 nitrogen and oxygen atoms in total. The predicted molar refractivity (Wildman–Crippen MR) is 81.0 cm³/mol. The number of alkyl halides is 3. The number of carbonyl (C=O) groups is 1. The van der Waals surface area contributed by atoms with Crippen LogP contribution in [0.25, 0.3) is 0 Å². The molecule has 0 unspecified atom stereocenters. The van der Waals surface area contributed by atoms with Gasteiger partial charge < -0.3 is 14.9 Å². The van der Waals surface area contributed by atoms with Crippen LogP contribution in [0.2, 0.25) is 0 Å². The van der Waals surface area contributed by atoms with E-state index in [0.29, 0.717) is 30.9 Å². The Bertz CT molecular complexity index is 856. The number of amides is 1. The van der Waals surface area contributed by atoms with Crippen LogP contribution in [-0.4, -0.2) is 32.0 Å². The Labute approximate surface area is 140 Å². The highest BCUT2D eigenvalue weighted by molar-refractivity contribution is 5.92. The molecule has 0 aliphatic carbocycles. The first-order valence-corrected chi connectivity index (χ1v) is 7.72. The van der Waals surface area contributed by atoms with Crippen molar-refractivity contribution in [2.24, 2.45) is 5.92 Å². The standard InChI is InChI=1S/C15H16F3N5O2/c1-8-4-10(21-14(25)20-8)13(24)19-5-9-2-3-12-22-11(15(16,17)18)7-23(12)6-9/h4,7,9H,2-3,5-6H2,1H3,(H,19,24)(H,20,21,25)/t9-/m0/s1. The number of aryl methyl sites for hydroxylation is 2. The minimum absolute atomic E-state index is 0.0136. The summed E-state index contributed by atoms with van der Waals surface area (Å²) < 4.78 is 39.6. The molecule has 2 aromatic rings. The van der Waals surface area contributed by atoms with E-state index in [1.54, 1.807) is 6.92 Å². The summed E-state index contributed by atoms with van der Waals surface area (Å²) in [5.74, 6) is -0.0989. The largest absolute Gasteiger partial charge is 0.434 e. The average Bonchev–Trinajstić information content (AvgIpc) is 2.95. The molecule has 0 fully saturated rings. The van der Waals surface area contributed by atoms with E-state index in [0.717, 1.165) is 6.20 Å². The Kier molecular flexibility index (Phi) is 4.36. The Hall–Kier alpha value is -2.65. The highest BCUT2D eigenvalue weighted by Crippen LogP contribution is 2.30. The second-order valence-corrected chi connectivity index (χ2v) is 6.06. The van der Waals surface area contributed by atoms with Crippen LogP contribution in [0.15, 0.2) is 17.1 Å². The van der Waals surface area contributed by atoms with Crippen molar-refractivity contribution in [2.75, 3.05) is 6.54 Å². The summed E-state index contributed by atoms with van der Waals surface area (Å²) in [4.78, 5) is 33.0. The molecule has 10 heteroatoms. The number of H-pyrrole nitrogens is 1. The monoisotopic (exact) mass is 355 g/mol. The maximum Gasteiger partial charge on any atom is 0.434 e. The third-order valence-electron chi connectivity index (χ3n) is 4.04. The molecule has 3 rings (SSSR count). The van der Waals surface area contributed by atoms with Crippen LogP contribution in [0, 0.1) is 12.8 Å². The van der Waals surface area contributed by atoms with Gasteiger partial charge in [-0.2, -0.15) is 18.2 Å². The third-order valence-corrected chi connectivity index (χ3v) is 4.04. The fourth-order valence-electron chi connectivity index (χ4n) is 2.84. The molecule has 1 aliphatic heterocycles. The lowest BCUT2D eigenvalue weighted by molar-refractivity contribution is -0.141. The molecule has 0 bridgehead atoms. The SMILES string of the molecule is Cc1cc(C(=O)NC[C@@H]2CCc3nc(C(F)(F)F)cn3C2)nc(=O)[nH]1. The molecule has 0 saturated heterocycles. The molecule has 3 heterocycles. The molecule has 2 N–H and O–H groups in total. The Morgan fingerprint density at radius 2 is 2.20 bits per heavy atom. The summed E-state index contributed by atoms with van der Waals surface area (Å²) in [7, 11) is 0. The van der Waals surface area contributed by atoms with E-state index in [1.807, 2.05) is 0 Å². The zero-order valence-corrected chi connectivity index (χ0v) is 13.4. The molecule has 1 aliphatic rings. The van der Waals surface area contributed by atoms with Gasteiger partial charge in [-0.1, -0.05) is 0 Å². The minimum atomic E-state index is -4.46. The number of aromatic amines is 1. The van der Waals surface area contributed by atoms with Crippen LogP contribution in [0.5, 0.6) is 0 Å². The summed E-state index contributed by atoms with van der Waals surface area (Å²) in [6.45, 7) is 2.27. The van der Waals surface area contributed by atoms with Gasteiger partial charge in [-0.05, 0) is 25.3 Å². The van der Waals surface area contributed by atoms with E-state index >= 15 is 0 Å². The molecule has 134 valence electrons. The van der Waals surface area contributed by atoms with Gasteiger partial charge in [0.15, 0.2) is 5.69 Å². The van der Waals surface area contributed by atoms with Gasteiger partial charge in [0.2, 0.25) is 0 Å². The van der Waals surface area contributed by atoms with E-state index in [2.05, 4.69) is 20.3 Å². The lowest BCUT2D eigenvalue weighted by Crippen LogP contribution is -2.35. The van der Waals surface area contributed by atoms with Crippen molar-refractivity contribution in [3.05, 3.63) is 45.7 Å². The normalized spacial score (nSPS) is 17.2. The van der Waals surface area contributed by atoms with Crippen molar-refractivity contribution in [3.8, 4) is 0 Å². The minimum Gasteiger partial charge on any atom is -0.350 e. The quantitative estimate of drug-likeness (QED) is 0.868. The second kappa shape index (κ2) is 6.34. The van der Waals surface area contributed by atoms with Gasteiger partial charge >= 0.3 is 11.9 Å². The fourth-order valence-corrected chi connectivity index (χ4v) is 2.84. The van der Waals surface area contributed by atoms with Gasteiger partial charge in [-0.3, -0.25) is 4.79 Å². The molecule has 0 saturated carbocycles. The van der Waals surface area contributed by atoms with Crippen LogP contribution in [0.4, 0.5) is 13.2 Å². The molecule has 0 aromatic carbocycles. The van der Waals surface area contributed by atoms with Gasteiger partial charge in [-0.25, -0.2) is 9.78 Å². The Morgan fingerprint density at radius 1 is 1.44 bits per heavy atom. The topological polar surface area (TPSA) is 92.7 Å². The van der Waals surface area contributed by atoms with Gasteiger partial charge in [0.05, 0.1) is 0 Å². The number of hydrogen-bond acceptors (Lipinski definition) is 4. The maximum absolute atomic E-state index is 12.7. The number of fused-ring (bicyclic) bond motifs is 1. The highest BCUT2D eigenvalue weighted by Gasteiger charge is 2.35. The van der Waals surface area contributed by atoms with Crippen molar-refractivity contribution in [3.63, 3.8) is 0 Å². The first-order chi connectivity index (χ1) is 11.7. The maximum atomic E-state index is 12.7. The molecule has 0 radical (unpaired) electrons. The number of rotatable bonds is 3. The van der Waals surface area contributed by atoms with Crippen molar-refractivity contribution in [1.29, 1.82) is 0 Å². The van der Waals surface area contributed by atoms with E-state index < -0.39 is 23.5 Å². The fraction of sp³-hybridized carbons (Fsp3) is 0.467. The van der Waals surface area contributed by atoms with Gasteiger partial charge in [0.1, 0.15) is 11.5 Å². The summed E-state index contributed by atoms with van der Waals surface area (Å²) in [6.07, 6.45) is -2.42. The Morgan fingerprint density at radius 3 is 2.88 bits per heavy atom. The summed E-state index contributed by atoms with van der Waals surface area (Å²) in [5.41, 5.74) is -0.966. The van der Waals surface area contributed by atoms with Crippen molar-refractivity contribution in [2.45, 2.75) is 32.5 Å². The van der Waals surface area contributed by atoms with Crippen LogP contribution < -0.4 is 11.0 Å². The molecule has 25 heavy (non-hydrogen) atoms. The number of carbonyl (C=O) groups excluding carboxylic acids is 1. The Balaban J connectivity index is 1.62. The van der Waals surface area contributed by atoms with E-state index in [9.17, 15) is 22.8 Å². The van der Waals surface area contributed by atoms with Gasteiger partial charge in [0.25, 0.3) is 5.91 Å². The zero-order valence-electron chi connectivity index (χ0n) is 13.4. The number of nitrogens with one attached hydrogen (secondary N) is 2. The third kappa shape index (κ3) is 3.89. The first-order valence-electron chi connectivity index (χ1n) is 7.72. The van der Waals surface area contributed by atoms with Gasteiger partial charge in [0, 0.05) is 31.4 Å². The van der Waals surface area contributed by atoms with Crippen LogP contribution in [0.3, 0.4) is 0 Å². The van der Waals surface area contributed by atoms with E-state index in [1.165, 1.54) is 10.6 Å². The summed E-state index contributed by atoms with van der Waals surface area (Å²) in [6, 6.07) is 1.46. The molecule has 0 spiro atoms. The molecule has 1 amide bonds. The number of imidazole rings is 1. The second-order valence-electron chi connectivity index (χ2n) is 6.06. The van der Waals surface area contributed by atoms with Crippen LogP contribution in [-0.2, 0) is 19.1 Å². The zero-order chi connectivity index (χ0) is 18.2. The smallest absolute Gasteiger partial charge is 0.350 e. The summed E-state index contributed by atoms with van der Waals surface area (Å²) >= 11 is 0. The highest BCUT2D eigenvalue weighted by atomic mass is 19.4. The number of halogens is 3. The van der Waals surface area contributed by atoms with Crippen LogP contribution in [0.1, 0.15) is 34.1 Å². The van der Waals surface area contributed by atoms with E-state index in [4.69, 9.17) is 0 Å². The molecule has 2 aromatic heterocycles. The number of hydrogen-bond donors (Lipinski definition) is 2. The van der Waals surface area contributed by atoms with Crippen molar-refractivity contribution in [1.82, 2.24) is 24.8 Å². The number of aromatic nitrogens is 4. The lowest BCUT2D eigenvalue weighted by atomic mass is 9.99. The van der Waals surface area contributed by atoms with Crippen LogP contribution >= 0.6 is 0 Å². The van der Waals surface area contributed by atoms with Gasteiger partial charge in [-0.15, -0.1) is 0 Å². The molecular formula is C15H16F3N5O2. The predicted octanol–water partition coefficient (Wildman–Crippen LogP) is 1.29. The first kappa shape index (κ1) is 17.2. The lowest BCUT2D eigenvalue weighted by Gasteiger charge is -2.23. The molecular weight excluding hydrogens is 339 g/mol. The number of nitrogens with zero attached hydrogens (tertiary/aromatic N) is 3. The molecule has 1 atom stereocenters. The summed E-state index contributed by atoms with van der Waals surface area (Å²) in [5, 5.41) is 2.68. The van der Waals surface area contributed by atoms with Crippen molar-refractivity contribution < 1.29 is 18.0 Å². The average molecular weight is 355 g/mol.